The normalized spacial score (nSPS) is 11.7. The van der Waals surface area contributed by atoms with Crippen molar-refractivity contribution in [2.45, 2.75) is 356 Å². The molecular formula is C71H127N2O14Pd-. The van der Waals surface area contributed by atoms with Crippen LogP contribution in [-0.2, 0) is 93.7 Å². The third-order valence-corrected chi connectivity index (χ3v) is 13.4. The first kappa shape index (κ1) is 92.3. The van der Waals surface area contributed by atoms with E-state index in [-0.39, 0.29) is 95.4 Å². The molecular weight excluding hydrogens is 1210 g/mol. The van der Waals surface area contributed by atoms with E-state index in [1.165, 1.54) is 121 Å². The number of benzene rings is 1. The van der Waals surface area contributed by atoms with Gasteiger partial charge in [0.25, 0.3) is 6.47 Å². The zero-order chi connectivity index (χ0) is 64.3. The summed E-state index contributed by atoms with van der Waals surface area (Å²) in [5.74, 6) is -1.26. The first-order valence-corrected chi connectivity index (χ1v) is 32.7. The van der Waals surface area contributed by atoms with Gasteiger partial charge in [-0.15, -0.1) is 0 Å². The number of esters is 4. The van der Waals surface area contributed by atoms with Crippen molar-refractivity contribution in [2.24, 2.45) is 0 Å². The van der Waals surface area contributed by atoms with Crippen LogP contribution in [0.15, 0.2) is 30.3 Å². The molecule has 1 rings (SSSR count). The molecule has 0 spiro atoms. The van der Waals surface area contributed by atoms with Crippen molar-refractivity contribution in [1.82, 2.24) is 10.6 Å². The van der Waals surface area contributed by atoms with Crippen molar-refractivity contribution in [1.29, 1.82) is 0 Å². The Hall–Kier alpha value is -4.45. The topological polar surface area (TPSA) is 224 Å². The zero-order valence-electron chi connectivity index (χ0n) is 56.8. The van der Waals surface area contributed by atoms with Crippen molar-refractivity contribution in [3.63, 3.8) is 0 Å². The molecule has 2 unspecified atom stereocenters. The van der Waals surface area contributed by atoms with Crippen LogP contribution in [0.2, 0.25) is 0 Å². The third kappa shape index (κ3) is 67.5. The van der Waals surface area contributed by atoms with Gasteiger partial charge in [-0.25, -0.2) is 9.59 Å². The molecule has 88 heavy (non-hydrogen) atoms. The zero-order valence-corrected chi connectivity index (χ0v) is 58.4. The standard InChI is InChI=1S/C37H63NO5.C31H57NO7.CO2.CH4.CH3.Pd/c1-36(2,3)42-34(40)30-23-18-16-14-12-10-8-7-9-11-13-15-17-22-29-33(39)38-32(35(41)43-37(4,5)6)28-24-27-31-25-20-19-21-26-31;1-30(2,3)38-28(35)22-20-18-16-14-12-10-8-7-9-11-13-15-17-19-21-27(34)32-26(23-24-37-25-33)29(36)39-31(4,5)6;2-1-3;;;/h19-21,25-26,32H,7-18,22-24,27-30H2,1-6H3,(H,38,39);25-26H,7-24H2,1-6H3,(H,32,34);;1H4;1H3;/q;;;;-1;. The summed E-state index contributed by atoms with van der Waals surface area (Å²) in [6.45, 7) is 22.7. The molecule has 0 saturated heterocycles. The van der Waals surface area contributed by atoms with Crippen LogP contribution in [-0.4, -0.2) is 89.4 Å². The quantitative estimate of drug-likeness (QED) is 0.0155. The molecule has 17 heteroatoms. The Labute approximate surface area is 549 Å². The molecule has 0 bridgehead atoms. The summed E-state index contributed by atoms with van der Waals surface area (Å²) < 4.78 is 26.3. The molecule has 16 nitrogen and oxygen atoms in total. The van der Waals surface area contributed by atoms with Crippen LogP contribution in [0.3, 0.4) is 0 Å². The van der Waals surface area contributed by atoms with E-state index in [2.05, 4.69) is 27.5 Å². The minimum Gasteiger partial charge on any atom is -0.468 e. The van der Waals surface area contributed by atoms with Gasteiger partial charge in [-0.2, -0.15) is 9.59 Å². The minimum absolute atomic E-state index is 0. The van der Waals surface area contributed by atoms with Crippen LogP contribution in [0.5, 0.6) is 0 Å². The molecule has 2 N–H and O–H groups in total. The maximum absolute atomic E-state index is 12.8. The Bertz CT molecular complexity index is 1930. The summed E-state index contributed by atoms with van der Waals surface area (Å²) in [6.07, 6.45) is 37.3. The predicted octanol–water partition coefficient (Wildman–Crippen LogP) is 16.9. The van der Waals surface area contributed by atoms with E-state index in [0.29, 0.717) is 38.6 Å². The van der Waals surface area contributed by atoms with Gasteiger partial charge in [-0.1, -0.05) is 192 Å². The molecule has 1 aromatic rings. The number of aryl methyl sites for hydroxylation is 1. The molecule has 0 aliphatic carbocycles. The van der Waals surface area contributed by atoms with Gasteiger partial charge < -0.3 is 41.7 Å². The van der Waals surface area contributed by atoms with E-state index < -0.39 is 29.3 Å². The van der Waals surface area contributed by atoms with Gasteiger partial charge in [-0.05, 0) is 134 Å². The number of rotatable bonds is 46. The number of carbonyl (C=O) groups is 7. The van der Waals surface area contributed by atoms with E-state index in [9.17, 15) is 33.6 Å². The number of hydrogen-bond donors (Lipinski definition) is 2. The fraction of sp³-hybridized carbons (Fsp3) is 0.789. The monoisotopic (exact) mass is 1340 g/mol. The van der Waals surface area contributed by atoms with E-state index >= 15 is 0 Å². The van der Waals surface area contributed by atoms with Crippen LogP contribution in [0, 0.1) is 7.43 Å². The molecule has 2 amide bonds. The number of ether oxygens (including phenoxy) is 5. The fourth-order valence-corrected chi connectivity index (χ4v) is 9.30. The van der Waals surface area contributed by atoms with Gasteiger partial charge in [0, 0.05) is 52.5 Å². The Morgan fingerprint density at radius 3 is 0.955 bits per heavy atom. The van der Waals surface area contributed by atoms with Crippen molar-refractivity contribution in [2.75, 3.05) is 6.61 Å². The minimum atomic E-state index is -0.819. The molecule has 0 aliphatic rings. The summed E-state index contributed by atoms with van der Waals surface area (Å²) in [7, 11) is 0. The molecule has 0 saturated carbocycles. The van der Waals surface area contributed by atoms with E-state index in [0.717, 1.165) is 77.0 Å². The second-order valence-electron chi connectivity index (χ2n) is 26.6. The predicted molar refractivity (Wildman–Crippen MR) is 349 cm³/mol. The van der Waals surface area contributed by atoms with Crippen LogP contribution >= 0.6 is 0 Å². The molecule has 516 valence electrons. The summed E-state index contributed by atoms with van der Waals surface area (Å²) >= 11 is 0. The van der Waals surface area contributed by atoms with Crippen LogP contribution in [0.4, 0.5) is 0 Å². The van der Waals surface area contributed by atoms with Gasteiger partial charge in [0.1, 0.15) is 34.5 Å². The van der Waals surface area contributed by atoms with Gasteiger partial charge >= 0.3 is 30.0 Å². The van der Waals surface area contributed by atoms with Gasteiger partial charge in [-0.3, -0.25) is 24.0 Å². The summed E-state index contributed by atoms with van der Waals surface area (Å²) in [5, 5.41) is 5.69. The van der Waals surface area contributed by atoms with Crippen LogP contribution in [0.25, 0.3) is 0 Å². The van der Waals surface area contributed by atoms with E-state index in [1.807, 2.05) is 80.5 Å². The first-order valence-electron chi connectivity index (χ1n) is 32.7. The Kier molecular flexibility index (Phi) is 60.5. The van der Waals surface area contributed by atoms with Crippen LogP contribution in [0.1, 0.15) is 321 Å². The number of amides is 2. The summed E-state index contributed by atoms with van der Waals surface area (Å²) in [5.41, 5.74) is -0.769. The molecule has 1 aromatic carbocycles. The third-order valence-electron chi connectivity index (χ3n) is 13.4. The van der Waals surface area contributed by atoms with Gasteiger partial charge in [0.2, 0.25) is 11.8 Å². The van der Waals surface area contributed by atoms with Gasteiger partial charge in [0.05, 0.1) is 6.61 Å². The average Bonchev–Trinajstić information content (AvgIpc) is 3.46. The molecule has 0 aliphatic heterocycles. The Balaban J connectivity index is -0.000000485. The maximum Gasteiger partial charge on any atom is 0.373 e. The summed E-state index contributed by atoms with van der Waals surface area (Å²) in [4.78, 5) is 100. The van der Waals surface area contributed by atoms with Crippen molar-refractivity contribution >= 4 is 48.3 Å². The van der Waals surface area contributed by atoms with Crippen molar-refractivity contribution in [3.8, 4) is 0 Å². The Morgan fingerprint density at radius 1 is 0.420 bits per heavy atom. The number of hydrogen-bond acceptors (Lipinski definition) is 14. The van der Waals surface area contributed by atoms with Crippen molar-refractivity contribution < 1.29 is 87.3 Å². The smallest absolute Gasteiger partial charge is 0.373 e. The first-order chi connectivity index (χ1) is 40.1. The number of unbranched alkanes of at least 4 members (excludes halogenated alkanes) is 26. The molecule has 0 aromatic heterocycles. The van der Waals surface area contributed by atoms with Gasteiger partial charge in [0.15, 0.2) is 0 Å². The molecule has 0 radical (unpaired) electrons. The number of carbonyl (C=O) groups excluding carboxylic acids is 9. The summed E-state index contributed by atoms with van der Waals surface area (Å²) in [6, 6.07) is 8.80. The van der Waals surface area contributed by atoms with E-state index in [1.54, 1.807) is 20.8 Å². The maximum atomic E-state index is 12.8. The SMILES string of the molecule is C.CC(C)(C)OC(=O)CCCCCCCCCCCCCCCCC(=O)NC(CCCc1ccccc1)C(=O)OC(C)(C)C.CC(C)(C)OC(=O)CCCCCCCCCCCCCCCCC(=O)NC(CCOC=O)C(=O)OC(C)(C)C.O=C=O.[CH3-].[Pd]. The van der Waals surface area contributed by atoms with Crippen molar-refractivity contribution in [3.05, 3.63) is 43.3 Å². The number of nitrogens with one attached hydrogen (secondary N) is 2. The average molecular weight is 1340 g/mol. The fourth-order valence-electron chi connectivity index (χ4n) is 9.30. The molecule has 0 heterocycles. The largest absolute Gasteiger partial charge is 0.468 e. The Morgan fingerprint density at radius 2 is 0.682 bits per heavy atom. The molecule has 0 fully saturated rings. The second kappa shape index (κ2) is 57.7. The van der Waals surface area contributed by atoms with Crippen LogP contribution < -0.4 is 10.6 Å². The molecule has 2 atom stereocenters. The van der Waals surface area contributed by atoms with E-state index in [4.69, 9.17) is 28.5 Å². The second-order valence-corrected chi connectivity index (χ2v) is 26.6.